The predicted molar refractivity (Wildman–Crippen MR) is 133 cm³/mol. The maximum absolute atomic E-state index is 10.3. The number of rotatable bonds is 6. The van der Waals surface area contributed by atoms with Crippen molar-refractivity contribution in [3.63, 3.8) is 0 Å². The Morgan fingerprint density at radius 3 is 2.36 bits per heavy atom. The number of fused-ring (bicyclic) bond motifs is 1. The molecule has 1 saturated heterocycles. The number of hydrogen-bond donors (Lipinski definition) is 2. The number of hydrogen-bond acceptors (Lipinski definition) is 4. The van der Waals surface area contributed by atoms with Crippen LogP contribution in [0.15, 0.2) is 66.7 Å². The number of ether oxygens (including phenoxy) is 1. The van der Waals surface area contributed by atoms with Crippen molar-refractivity contribution in [1.29, 1.82) is 0 Å². The van der Waals surface area contributed by atoms with Gasteiger partial charge in [-0.15, -0.1) is 0 Å². The Labute approximate surface area is 196 Å². The van der Waals surface area contributed by atoms with Crippen molar-refractivity contribution in [2.45, 2.75) is 32.1 Å². The lowest BCUT2D eigenvalue weighted by molar-refractivity contribution is 0.183. The Bertz CT molecular complexity index is 1090. The van der Waals surface area contributed by atoms with Crippen LogP contribution in [0.3, 0.4) is 0 Å². The van der Waals surface area contributed by atoms with E-state index >= 15 is 0 Å². The molecule has 0 aliphatic carbocycles. The third-order valence-corrected chi connectivity index (χ3v) is 7.09. The van der Waals surface area contributed by atoms with E-state index in [-0.39, 0.29) is 5.75 Å². The average molecular weight is 446 g/mol. The first-order chi connectivity index (χ1) is 16.1. The monoisotopic (exact) mass is 445 g/mol. The van der Waals surface area contributed by atoms with Gasteiger partial charge in [-0.25, -0.2) is 4.48 Å². The van der Waals surface area contributed by atoms with Crippen LogP contribution in [-0.2, 0) is 6.42 Å². The molecule has 33 heavy (non-hydrogen) atoms. The smallest absolute Gasteiger partial charge is 0.146 e. The van der Waals surface area contributed by atoms with Gasteiger partial charge in [-0.2, -0.15) is 0 Å². The minimum Gasteiger partial charge on any atom is -0.508 e. The normalized spacial score (nSPS) is 20.8. The fourth-order valence-corrected chi connectivity index (χ4v) is 5.46. The van der Waals surface area contributed by atoms with Crippen molar-refractivity contribution in [3.8, 4) is 17.2 Å². The molecule has 0 bridgehead atoms. The molecule has 1 fully saturated rings. The van der Waals surface area contributed by atoms with Gasteiger partial charge in [0.25, 0.3) is 0 Å². The van der Waals surface area contributed by atoms with E-state index < -0.39 is 0 Å². The first-order valence-corrected chi connectivity index (χ1v) is 12.1. The Balaban J connectivity index is 1.45. The van der Waals surface area contributed by atoms with E-state index in [0.717, 1.165) is 54.3 Å². The van der Waals surface area contributed by atoms with Gasteiger partial charge in [-0.05, 0) is 62.7 Å². The zero-order chi connectivity index (χ0) is 22.7. The van der Waals surface area contributed by atoms with Crippen LogP contribution in [-0.4, -0.2) is 47.9 Å². The average Bonchev–Trinajstić information content (AvgIpc) is 2.84. The van der Waals surface area contributed by atoms with Gasteiger partial charge in [-0.3, -0.25) is 4.90 Å². The lowest BCUT2D eigenvalue weighted by Gasteiger charge is -2.41. The highest BCUT2D eigenvalue weighted by Gasteiger charge is 2.40. The second-order valence-corrected chi connectivity index (χ2v) is 9.21. The number of benzene rings is 3. The van der Waals surface area contributed by atoms with Gasteiger partial charge in [0, 0.05) is 48.9 Å². The molecule has 5 rings (SSSR count). The van der Waals surface area contributed by atoms with E-state index in [1.54, 1.807) is 12.1 Å². The molecule has 1 atom stereocenters. The van der Waals surface area contributed by atoms with E-state index in [1.807, 2.05) is 24.3 Å². The number of aryl methyl sites for hydroxylation is 1. The third kappa shape index (κ3) is 4.43. The summed E-state index contributed by atoms with van der Waals surface area (Å²) in [7, 11) is 0. The van der Waals surface area contributed by atoms with Gasteiger partial charge < -0.3 is 14.9 Å². The quantitative estimate of drug-likeness (QED) is 0.465. The standard InChI is InChI=1S/C28H32N2O3/c31-25-8-4-7-24(21-25)30(18-5-6-22-20-26(32)11-14-28(22)30)23-9-12-27(13-10-23)33-19-17-29-15-2-1-3-16-29/h4,7-14,20-21H,1-3,5-6,15-19H2,(H-,31,32)/p+1. The maximum atomic E-state index is 10.3. The summed E-state index contributed by atoms with van der Waals surface area (Å²) < 4.78 is 6.58. The summed E-state index contributed by atoms with van der Waals surface area (Å²) in [6.07, 6.45) is 5.85. The molecule has 0 spiro atoms. The molecule has 3 aromatic rings. The van der Waals surface area contributed by atoms with Crippen LogP contribution in [0.4, 0.5) is 17.1 Å². The van der Waals surface area contributed by atoms with Crippen LogP contribution in [0, 0.1) is 0 Å². The highest BCUT2D eigenvalue weighted by molar-refractivity contribution is 5.75. The van der Waals surface area contributed by atoms with Gasteiger partial charge in [0.1, 0.15) is 40.9 Å². The molecule has 2 aliphatic heterocycles. The number of nitrogens with zero attached hydrogens (tertiary/aromatic N) is 2. The summed E-state index contributed by atoms with van der Waals surface area (Å²) in [5.41, 5.74) is 4.42. The highest BCUT2D eigenvalue weighted by Crippen LogP contribution is 2.49. The molecular formula is C28H33N2O3+. The van der Waals surface area contributed by atoms with Gasteiger partial charge >= 0.3 is 0 Å². The summed E-state index contributed by atoms with van der Waals surface area (Å²) in [6.45, 7) is 4.93. The van der Waals surface area contributed by atoms with Crippen LogP contribution in [0.25, 0.3) is 0 Å². The molecule has 2 heterocycles. The molecule has 1 unspecified atom stereocenters. The zero-order valence-electron chi connectivity index (χ0n) is 19.1. The number of quaternary nitrogens is 1. The van der Waals surface area contributed by atoms with Crippen molar-refractivity contribution < 1.29 is 14.9 Å². The molecule has 5 heteroatoms. The second-order valence-electron chi connectivity index (χ2n) is 9.21. The number of likely N-dealkylation sites (tertiary alicyclic amines) is 1. The van der Waals surface area contributed by atoms with Crippen LogP contribution < -0.4 is 9.22 Å². The fraction of sp³-hybridized carbons (Fsp3) is 0.357. The van der Waals surface area contributed by atoms with Gasteiger partial charge in [-0.1, -0.05) is 12.5 Å². The van der Waals surface area contributed by atoms with Gasteiger partial charge in [0.15, 0.2) is 0 Å². The van der Waals surface area contributed by atoms with Crippen LogP contribution in [0.5, 0.6) is 17.2 Å². The topological polar surface area (TPSA) is 52.9 Å². The van der Waals surface area contributed by atoms with Crippen molar-refractivity contribution in [3.05, 3.63) is 72.3 Å². The molecule has 0 amide bonds. The van der Waals surface area contributed by atoms with Crippen molar-refractivity contribution >= 4 is 17.1 Å². The summed E-state index contributed by atoms with van der Waals surface area (Å²) in [5, 5.41) is 20.4. The molecule has 172 valence electrons. The predicted octanol–water partition coefficient (Wildman–Crippen LogP) is 5.88. The third-order valence-electron chi connectivity index (χ3n) is 7.09. The number of phenols is 2. The second kappa shape index (κ2) is 9.46. The zero-order valence-corrected chi connectivity index (χ0v) is 19.1. The Hall–Kier alpha value is -3.02. The maximum Gasteiger partial charge on any atom is 0.146 e. The fourth-order valence-electron chi connectivity index (χ4n) is 5.46. The Morgan fingerprint density at radius 1 is 0.788 bits per heavy atom. The number of piperidine rings is 1. The van der Waals surface area contributed by atoms with E-state index in [2.05, 4.69) is 35.2 Å². The molecule has 5 nitrogen and oxygen atoms in total. The Kier molecular flexibility index (Phi) is 6.25. The van der Waals surface area contributed by atoms with Crippen molar-refractivity contribution in [2.24, 2.45) is 0 Å². The van der Waals surface area contributed by atoms with Crippen LogP contribution >= 0.6 is 0 Å². The Morgan fingerprint density at radius 2 is 1.58 bits per heavy atom. The number of phenolic OH excluding ortho intramolecular Hbond substituents is 2. The highest BCUT2D eigenvalue weighted by atomic mass is 16.5. The first kappa shape index (κ1) is 21.8. The summed E-state index contributed by atoms with van der Waals surface area (Å²) in [4.78, 5) is 2.49. The summed E-state index contributed by atoms with van der Waals surface area (Å²) in [5.74, 6) is 1.43. The molecular weight excluding hydrogens is 412 g/mol. The molecule has 2 aliphatic rings. The van der Waals surface area contributed by atoms with Crippen LogP contribution in [0.1, 0.15) is 31.2 Å². The molecule has 0 saturated carbocycles. The van der Waals surface area contributed by atoms with Crippen molar-refractivity contribution in [1.82, 2.24) is 9.38 Å². The van der Waals surface area contributed by atoms with E-state index in [4.69, 9.17) is 4.74 Å². The minimum atomic E-state index is 0.258. The number of aromatic hydroxyl groups is 2. The van der Waals surface area contributed by atoms with Gasteiger partial charge in [0.2, 0.25) is 0 Å². The lowest BCUT2D eigenvalue weighted by atomic mass is 9.95. The SMILES string of the molecule is Oc1cccc([N+]2(c3ccc(OCCN4CCCCC4)cc3)CCCc3cc(O)ccc32)c1. The lowest BCUT2D eigenvalue weighted by Crippen LogP contribution is -2.43. The first-order valence-electron chi connectivity index (χ1n) is 12.1. The van der Waals surface area contributed by atoms with Crippen molar-refractivity contribution in [2.75, 3.05) is 32.8 Å². The molecule has 2 N–H and O–H groups in total. The van der Waals surface area contributed by atoms with E-state index in [0.29, 0.717) is 16.8 Å². The molecule has 3 aromatic carbocycles. The molecule has 0 radical (unpaired) electrons. The van der Waals surface area contributed by atoms with E-state index in [9.17, 15) is 10.2 Å². The largest absolute Gasteiger partial charge is 0.508 e. The van der Waals surface area contributed by atoms with Gasteiger partial charge in [0.05, 0.1) is 6.54 Å². The summed E-state index contributed by atoms with van der Waals surface area (Å²) in [6, 6.07) is 21.6. The summed E-state index contributed by atoms with van der Waals surface area (Å²) >= 11 is 0. The molecule has 0 aromatic heterocycles. The minimum absolute atomic E-state index is 0.258. The van der Waals surface area contributed by atoms with Crippen LogP contribution in [0.2, 0.25) is 0 Å². The van der Waals surface area contributed by atoms with E-state index in [1.165, 1.54) is 32.4 Å².